The molecule has 0 amide bonds. The molecule has 0 aromatic carbocycles. The van der Waals surface area contributed by atoms with Crippen molar-refractivity contribution in [1.82, 2.24) is 0 Å². The molecule has 260 valence electrons. The Morgan fingerprint density at radius 3 is 0.698 bits per heavy atom. The molecule has 1 nitrogen and oxygen atoms in total. The summed E-state index contributed by atoms with van der Waals surface area (Å²) in [5, 5.41) is 0. The summed E-state index contributed by atoms with van der Waals surface area (Å²) < 4.78 is 337. The number of alkyl halides is 25. The highest BCUT2D eigenvalue weighted by atomic mass is 28.4. The predicted molar refractivity (Wildman–Crippen MR) is 89.8 cm³/mol. The Hall–Kier alpha value is -1.57. The van der Waals surface area contributed by atoms with Crippen molar-refractivity contribution in [2.24, 2.45) is 0 Å². The molecule has 27 heteroatoms. The normalized spacial score (nSPS) is 17.0. The molecule has 43 heavy (non-hydrogen) atoms. The quantitative estimate of drug-likeness (QED) is 0.136. The van der Waals surface area contributed by atoms with E-state index < -0.39 is 86.2 Å². The molecule has 0 unspecified atom stereocenters. The van der Waals surface area contributed by atoms with Crippen LogP contribution in [0.2, 0.25) is 19.6 Å². The summed E-state index contributed by atoms with van der Waals surface area (Å²) >= 11 is 0. The Balaban J connectivity index is 7.25. The fourth-order valence-corrected chi connectivity index (χ4v) is 3.00. The monoisotopic (exact) mass is 722 g/mol. The summed E-state index contributed by atoms with van der Waals surface area (Å²) in [6, 6.07) is 0. The van der Waals surface area contributed by atoms with Crippen molar-refractivity contribution in [3.63, 3.8) is 0 Å². The molecule has 0 N–H and O–H groups in total. The topological polar surface area (TPSA) is 9.23 Å². The summed E-state index contributed by atoms with van der Waals surface area (Å²) in [7, 11) is -3.57. The summed E-state index contributed by atoms with van der Waals surface area (Å²) in [5.74, 6) is -98.2. The first-order valence-electron chi connectivity index (χ1n) is 9.82. The zero-order valence-electron chi connectivity index (χ0n) is 20.1. The van der Waals surface area contributed by atoms with Gasteiger partial charge in [0.25, 0.3) is 0 Å². The van der Waals surface area contributed by atoms with Gasteiger partial charge in [-0.3, -0.25) is 0 Å². The Morgan fingerprint density at radius 1 is 0.326 bits per heavy atom. The van der Waals surface area contributed by atoms with Gasteiger partial charge in [-0.2, -0.15) is 110 Å². The number of rotatable bonds is 13. The third-order valence-corrected chi connectivity index (χ3v) is 6.06. The second-order valence-electron chi connectivity index (χ2n) is 9.35. The number of hydrogen-bond acceptors (Lipinski definition) is 1. The summed E-state index contributed by atoms with van der Waals surface area (Å²) in [4.78, 5) is 0. The van der Waals surface area contributed by atoms with Crippen LogP contribution in [0.4, 0.5) is 110 Å². The number of hydrogen-bond donors (Lipinski definition) is 0. The summed E-state index contributed by atoms with van der Waals surface area (Å²) in [5.41, 5.74) is 0. The molecule has 0 spiro atoms. The Labute approximate surface area is 221 Å². The molecule has 0 aliphatic rings. The van der Waals surface area contributed by atoms with Gasteiger partial charge >= 0.3 is 71.3 Å². The molecule has 0 bridgehead atoms. The Kier molecular flexibility index (Phi) is 9.84. The summed E-state index contributed by atoms with van der Waals surface area (Å²) in [6.07, 6.45) is -8.16. The van der Waals surface area contributed by atoms with Crippen LogP contribution in [0.3, 0.4) is 0 Å². The zero-order chi connectivity index (χ0) is 35.9. The maximum Gasteiger partial charge on any atom is 0.460 e. The molecular formula is C16H11F25OSi. The van der Waals surface area contributed by atoms with Crippen LogP contribution in [-0.4, -0.2) is 86.2 Å². The van der Waals surface area contributed by atoms with E-state index in [1.807, 2.05) is 0 Å². The van der Waals surface area contributed by atoms with Gasteiger partial charge in [-0.1, -0.05) is 0 Å². The zero-order valence-corrected chi connectivity index (χ0v) is 21.1. The van der Waals surface area contributed by atoms with Crippen LogP contribution >= 0.6 is 0 Å². The lowest BCUT2D eigenvalue weighted by molar-refractivity contribution is -0.482. The first-order valence-corrected chi connectivity index (χ1v) is 13.2. The first kappa shape index (κ1) is 41.4. The van der Waals surface area contributed by atoms with Gasteiger partial charge in [0.2, 0.25) is 0 Å². The molecular weight excluding hydrogens is 711 g/mol. The second kappa shape index (κ2) is 10.2. The van der Waals surface area contributed by atoms with Gasteiger partial charge < -0.3 is 4.43 Å². The molecule has 0 fully saturated rings. The SMILES string of the molecule is C[Si](C)(C)OCC(F)(F)C(F)(F)C(F)(F)C(F)(F)C(F)(F)C(F)(F)C(F)(F)C(F)(F)C(F)(F)C(F)(F)C(F)(F)C(F)(F)F. The maximum absolute atomic E-state index is 13.8. The van der Waals surface area contributed by atoms with Gasteiger partial charge in [-0.05, 0) is 19.6 Å². The van der Waals surface area contributed by atoms with Crippen molar-refractivity contribution in [2.75, 3.05) is 6.61 Å². The van der Waals surface area contributed by atoms with Crippen molar-refractivity contribution in [3.05, 3.63) is 0 Å². The minimum atomic E-state index is -9.59. The van der Waals surface area contributed by atoms with Gasteiger partial charge in [0, 0.05) is 0 Å². The van der Waals surface area contributed by atoms with Gasteiger partial charge in [0.1, 0.15) is 6.61 Å². The Bertz CT molecular complexity index is 1000. The van der Waals surface area contributed by atoms with E-state index >= 15 is 0 Å². The molecule has 0 aliphatic heterocycles. The van der Waals surface area contributed by atoms with Crippen molar-refractivity contribution in [3.8, 4) is 0 Å². The van der Waals surface area contributed by atoms with E-state index in [1.54, 1.807) is 0 Å². The largest absolute Gasteiger partial charge is 0.460 e. The lowest BCUT2D eigenvalue weighted by atomic mass is 9.84. The molecule has 0 aromatic rings. The van der Waals surface area contributed by atoms with E-state index in [-0.39, 0.29) is 0 Å². The third-order valence-electron chi connectivity index (χ3n) is 5.05. The van der Waals surface area contributed by atoms with Crippen molar-refractivity contribution in [2.45, 2.75) is 91.0 Å². The minimum absolute atomic E-state index is 0.800. The third kappa shape index (κ3) is 5.47. The van der Waals surface area contributed by atoms with Crippen molar-refractivity contribution in [1.29, 1.82) is 0 Å². The standard InChI is InChI=1S/C16H11F25OSi/c1-43(2,3)42-4-5(17,18)6(19,20)7(21,22)8(23,24)9(25,26)10(27,28)11(29,30)12(31,32)13(33,34)14(35,36)15(37,38)16(39,40)41/h4H2,1-3H3. The second-order valence-corrected chi connectivity index (χ2v) is 13.9. The van der Waals surface area contributed by atoms with E-state index in [9.17, 15) is 110 Å². The highest BCUT2D eigenvalue weighted by Crippen LogP contribution is 2.67. The van der Waals surface area contributed by atoms with E-state index in [1.165, 1.54) is 0 Å². The van der Waals surface area contributed by atoms with E-state index in [2.05, 4.69) is 4.43 Å². The fourth-order valence-electron chi connectivity index (χ4n) is 2.38. The molecule has 0 rings (SSSR count). The predicted octanol–water partition coefficient (Wildman–Crippen LogP) is 9.39. The van der Waals surface area contributed by atoms with E-state index in [0.29, 0.717) is 0 Å². The van der Waals surface area contributed by atoms with Crippen LogP contribution in [0.5, 0.6) is 0 Å². The van der Waals surface area contributed by atoms with Gasteiger partial charge in [-0.15, -0.1) is 0 Å². The molecule has 0 aromatic heterocycles. The smallest absolute Gasteiger partial charge is 0.411 e. The van der Waals surface area contributed by atoms with Crippen LogP contribution in [0, 0.1) is 0 Å². The minimum Gasteiger partial charge on any atom is -0.411 e. The van der Waals surface area contributed by atoms with Crippen LogP contribution in [0.1, 0.15) is 0 Å². The lowest BCUT2D eigenvalue weighted by Gasteiger charge is -2.45. The lowest BCUT2D eigenvalue weighted by Crippen LogP contribution is -2.78. The molecule has 0 saturated carbocycles. The van der Waals surface area contributed by atoms with Crippen LogP contribution in [-0.2, 0) is 4.43 Å². The highest BCUT2D eigenvalue weighted by molar-refractivity contribution is 6.69. The first-order chi connectivity index (χ1) is 18.0. The van der Waals surface area contributed by atoms with Gasteiger partial charge in [-0.25, -0.2) is 0 Å². The van der Waals surface area contributed by atoms with E-state index in [0.717, 1.165) is 19.6 Å². The number of halogens is 25. The Morgan fingerprint density at radius 2 is 0.512 bits per heavy atom. The highest BCUT2D eigenvalue weighted by Gasteiger charge is 2.99. The molecule has 0 aliphatic carbocycles. The van der Waals surface area contributed by atoms with Crippen LogP contribution < -0.4 is 0 Å². The van der Waals surface area contributed by atoms with E-state index in [4.69, 9.17) is 0 Å². The van der Waals surface area contributed by atoms with Crippen molar-refractivity contribution < 1.29 is 114 Å². The average Bonchev–Trinajstić information content (AvgIpc) is 2.75. The van der Waals surface area contributed by atoms with Crippen molar-refractivity contribution >= 4 is 8.32 Å². The summed E-state index contributed by atoms with van der Waals surface area (Å²) in [6.45, 7) is -0.731. The van der Waals surface area contributed by atoms with Gasteiger partial charge in [0.15, 0.2) is 8.32 Å². The van der Waals surface area contributed by atoms with Crippen LogP contribution in [0.15, 0.2) is 0 Å². The molecule has 0 radical (unpaired) electrons. The average molecular weight is 722 g/mol. The fraction of sp³-hybridized carbons (Fsp3) is 1.00. The molecule has 0 saturated heterocycles. The van der Waals surface area contributed by atoms with Gasteiger partial charge in [0.05, 0.1) is 0 Å². The molecule has 0 atom stereocenters. The van der Waals surface area contributed by atoms with Crippen LogP contribution in [0.25, 0.3) is 0 Å². The molecule has 0 heterocycles. The maximum atomic E-state index is 13.8.